The molecule has 3 rings (SSSR count). The van der Waals surface area contributed by atoms with Gasteiger partial charge in [0.25, 0.3) is 5.91 Å². The molecule has 0 fully saturated rings. The summed E-state index contributed by atoms with van der Waals surface area (Å²) in [6.07, 6.45) is 0. The van der Waals surface area contributed by atoms with Gasteiger partial charge >= 0.3 is 0 Å². The molecule has 7 heteroatoms. The molecule has 0 aliphatic rings. The van der Waals surface area contributed by atoms with Crippen molar-refractivity contribution >= 4 is 11.7 Å². The second-order valence-corrected chi connectivity index (χ2v) is 6.31. The summed E-state index contributed by atoms with van der Waals surface area (Å²) in [7, 11) is 0. The van der Waals surface area contributed by atoms with E-state index in [0.717, 1.165) is 5.56 Å². The second kappa shape index (κ2) is 9.07. The van der Waals surface area contributed by atoms with Gasteiger partial charge in [-0.15, -0.1) is 0 Å². The lowest BCUT2D eigenvalue weighted by Crippen LogP contribution is -2.42. The zero-order valence-corrected chi connectivity index (χ0v) is 15.6. The lowest BCUT2D eigenvalue weighted by Gasteiger charge is -2.13. The van der Waals surface area contributed by atoms with Gasteiger partial charge in [0.15, 0.2) is 5.78 Å². The number of Topliss-reactive ketones (excluding diaryl/α,β-unsaturated/α-hetero) is 1. The summed E-state index contributed by atoms with van der Waals surface area (Å²) >= 11 is 0. The van der Waals surface area contributed by atoms with Crippen molar-refractivity contribution < 1.29 is 23.8 Å². The minimum Gasteiger partial charge on any atom is -0.457 e. The molecule has 2 N–H and O–H groups in total. The smallest absolute Gasteiger partial charge is 0.270 e. The maximum atomic E-state index is 13.0. The topological polar surface area (TPSA) is 88.5 Å². The summed E-state index contributed by atoms with van der Waals surface area (Å²) in [5.74, 6) is -0.135. The zero-order valence-electron chi connectivity index (χ0n) is 15.6. The van der Waals surface area contributed by atoms with Crippen molar-refractivity contribution in [2.24, 2.45) is 0 Å². The number of hydrogen-bond acceptors (Lipinski definition) is 5. The van der Waals surface area contributed by atoms with Gasteiger partial charge < -0.3 is 15.2 Å². The van der Waals surface area contributed by atoms with E-state index in [1.54, 1.807) is 36.4 Å². The molecule has 1 amide bonds. The van der Waals surface area contributed by atoms with Gasteiger partial charge in [0.05, 0.1) is 12.3 Å². The second-order valence-electron chi connectivity index (χ2n) is 6.31. The molecule has 29 heavy (non-hydrogen) atoms. The highest BCUT2D eigenvalue weighted by molar-refractivity contribution is 5.96. The van der Waals surface area contributed by atoms with Crippen LogP contribution in [0.25, 0.3) is 11.3 Å². The van der Waals surface area contributed by atoms with Gasteiger partial charge in [-0.1, -0.05) is 6.07 Å². The van der Waals surface area contributed by atoms with Crippen LogP contribution in [0.15, 0.2) is 66.7 Å². The molecule has 0 bridgehead atoms. The van der Waals surface area contributed by atoms with Crippen LogP contribution in [0.3, 0.4) is 0 Å². The lowest BCUT2D eigenvalue weighted by molar-refractivity contribution is -0.119. The molecule has 0 saturated heterocycles. The van der Waals surface area contributed by atoms with Gasteiger partial charge in [-0.3, -0.25) is 9.59 Å². The van der Waals surface area contributed by atoms with Gasteiger partial charge in [-0.05, 0) is 67.6 Å². The molecule has 0 aliphatic heterocycles. The highest BCUT2D eigenvalue weighted by atomic mass is 19.1. The first-order chi connectivity index (χ1) is 14.0. The number of ether oxygens (including phenoxy) is 1. The van der Waals surface area contributed by atoms with Crippen LogP contribution in [0.4, 0.5) is 4.39 Å². The van der Waals surface area contributed by atoms with Gasteiger partial charge in [-0.2, -0.15) is 0 Å². The minimum atomic E-state index is -0.962. The molecule has 3 aromatic rings. The van der Waals surface area contributed by atoms with E-state index in [9.17, 15) is 19.1 Å². The summed E-state index contributed by atoms with van der Waals surface area (Å²) in [6.45, 7) is 0.816. The SMILES string of the molecule is CC(=O)[C@H](CO)NC(=O)c1cccc(-c2ccc(Oc3ccc(F)cc3)cc2)n1. The summed E-state index contributed by atoms with van der Waals surface area (Å²) in [6, 6.07) is 16.8. The van der Waals surface area contributed by atoms with E-state index >= 15 is 0 Å². The molecule has 1 atom stereocenters. The van der Waals surface area contributed by atoms with Crippen molar-refractivity contribution in [2.45, 2.75) is 13.0 Å². The molecule has 0 spiro atoms. The van der Waals surface area contributed by atoms with Gasteiger partial charge in [0.1, 0.15) is 29.1 Å². The molecule has 0 unspecified atom stereocenters. The Kier molecular flexibility index (Phi) is 6.31. The standard InChI is InChI=1S/C22H19FN2O4/c1-14(27)21(13-26)25-22(28)20-4-2-3-19(24-20)15-5-9-17(10-6-15)29-18-11-7-16(23)8-12-18/h2-12,21,26H,13H2,1H3,(H,25,28)/t21-/m0/s1. The molecular weight excluding hydrogens is 375 g/mol. The van der Waals surface area contributed by atoms with Crippen LogP contribution in [-0.2, 0) is 4.79 Å². The van der Waals surface area contributed by atoms with E-state index in [-0.39, 0.29) is 17.3 Å². The lowest BCUT2D eigenvalue weighted by atomic mass is 10.1. The molecule has 148 valence electrons. The first kappa shape index (κ1) is 20.2. The fraction of sp³-hybridized carbons (Fsp3) is 0.136. The Labute approximate surface area is 167 Å². The molecular formula is C22H19FN2O4. The Morgan fingerprint density at radius 1 is 1.03 bits per heavy atom. The molecule has 2 aromatic carbocycles. The number of carbonyl (C=O) groups excluding carboxylic acids is 2. The Bertz CT molecular complexity index is 1000. The van der Waals surface area contributed by atoms with Crippen LogP contribution in [-0.4, -0.2) is 34.4 Å². The Balaban J connectivity index is 1.73. The van der Waals surface area contributed by atoms with Crippen LogP contribution in [0.5, 0.6) is 11.5 Å². The highest BCUT2D eigenvalue weighted by Gasteiger charge is 2.18. The fourth-order valence-electron chi connectivity index (χ4n) is 2.56. The third-order valence-electron chi connectivity index (χ3n) is 4.16. The summed E-state index contributed by atoms with van der Waals surface area (Å²) in [5, 5.41) is 11.6. The monoisotopic (exact) mass is 394 g/mol. The van der Waals surface area contributed by atoms with Crippen molar-refractivity contribution in [3.63, 3.8) is 0 Å². The van der Waals surface area contributed by atoms with Crippen molar-refractivity contribution in [1.29, 1.82) is 0 Å². The van der Waals surface area contributed by atoms with Crippen LogP contribution in [0.2, 0.25) is 0 Å². The number of amides is 1. The number of pyridine rings is 1. The minimum absolute atomic E-state index is 0.133. The van der Waals surface area contributed by atoms with Crippen LogP contribution in [0.1, 0.15) is 17.4 Å². The van der Waals surface area contributed by atoms with Gasteiger partial charge in [-0.25, -0.2) is 9.37 Å². The average molecular weight is 394 g/mol. The Morgan fingerprint density at radius 2 is 1.66 bits per heavy atom. The first-order valence-electron chi connectivity index (χ1n) is 8.89. The van der Waals surface area contributed by atoms with Crippen molar-refractivity contribution in [3.8, 4) is 22.8 Å². The molecule has 0 radical (unpaired) electrons. The maximum absolute atomic E-state index is 13.0. The number of ketones is 1. The van der Waals surface area contributed by atoms with E-state index in [0.29, 0.717) is 17.2 Å². The number of aliphatic hydroxyl groups is 1. The number of benzene rings is 2. The molecule has 1 heterocycles. The fourth-order valence-corrected chi connectivity index (χ4v) is 2.56. The number of aromatic nitrogens is 1. The number of nitrogens with one attached hydrogen (secondary N) is 1. The van der Waals surface area contributed by atoms with Crippen LogP contribution >= 0.6 is 0 Å². The molecule has 6 nitrogen and oxygen atoms in total. The molecule has 0 saturated carbocycles. The Morgan fingerprint density at radius 3 is 2.24 bits per heavy atom. The van der Waals surface area contributed by atoms with Gasteiger partial charge in [0.2, 0.25) is 0 Å². The predicted molar refractivity (Wildman–Crippen MR) is 105 cm³/mol. The molecule has 0 aliphatic carbocycles. The van der Waals surface area contributed by atoms with E-state index in [1.165, 1.54) is 37.3 Å². The zero-order chi connectivity index (χ0) is 20.8. The Hall–Kier alpha value is -3.58. The number of rotatable bonds is 7. The molecule has 1 aromatic heterocycles. The van der Waals surface area contributed by atoms with Crippen molar-refractivity contribution in [3.05, 3.63) is 78.2 Å². The number of aliphatic hydroxyl groups excluding tert-OH is 1. The number of carbonyl (C=O) groups is 2. The van der Waals surface area contributed by atoms with E-state index in [4.69, 9.17) is 4.74 Å². The predicted octanol–water partition coefficient (Wildman–Crippen LogP) is 3.36. The number of nitrogens with zero attached hydrogens (tertiary/aromatic N) is 1. The third kappa shape index (κ3) is 5.24. The summed E-state index contributed by atoms with van der Waals surface area (Å²) in [4.78, 5) is 28.0. The number of halogens is 1. The van der Waals surface area contributed by atoms with Gasteiger partial charge in [0, 0.05) is 5.56 Å². The van der Waals surface area contributed by atoms with E-state index in [1.807, 2.05) is 0 Å². The highest BCUT2D eigenvalue weighted by Crippen LogP contribution is 2.25. The number of hydrogen-bond donors (Lipinski definition) is 2. The van der Waals surface area contributed by atoms with Crippen molar-refractivity contribution in [2.75, 3.05) is 6.61 Å². The van der Waals surface area contributed by atoms with E-state index in [2.05, 4.69) is 10.3 Å². The summed E-state index contributed by atoms with van der Waals surface area (Å²) in [5.41, 5.74) is 1.46. The van der Waals surface area contributed by atoms with Crippen molar-refractivity contribution in [1.82, 2.24) is 10.3 Å². The third-order valence-corrected chi connectivity index (χ3v) is 4.16. The largest absolute Gasteiger partial charge is 0.457 e. The first-order valence-corrected chi connectivity index (χ1v) is 8.89. The quantitative estimate of drug-likeness (QED) is 0.642. The maximum Gasteiger partial charge on any atom is 0.270 e. The average Bonchev–Trinajstić information content (AvgIpc) is 2.74. The normalized spacial score (nSPS) is 11.6. The summed E-state index contributed by atoms with van der Waals surface area (Å²) < 4.78 is 18.6. The van der Waals surface area contributed by atoms with Crippen LogP contribution in [0, 0.1) is 5.82 Å². The van der Waals surface area contributed by atoms with Crippen LogP contribution < -0.4 is 10.1 Å². The van der Waals surface area contributed by atoms with E-state index < -0.39 is 18.6 Å².